The Labute approximate surface area is 120 Å². The molecule has 1 aliphatic rings. The van der Waals surface area contributed by atoms with Crippen molar-refractivity contribution in [3.63, 3.8) is 0 Å². The molecule has 1 saturated heterocycles. The minimum atomic E-state index is -0.471. The Bertz CT molecular complexity index is 339. The second-order valence-electron chi connectivity index (χ2n) is 5.86. The van der Waals surface area contributed by atoms with Gasteiger partial charge in [-0.2, -0.15) is 0 Å². The van der Waals surface area contributed by atoms with Crippen LogP contribution in [0.15, 0.2) is 0 Å². The lowest BCUT2D eigenvalue weighted by molar-refractivity contribution is -0.156. The molecule has 0 saturated carbocycles. The van der Waals surface area contributed by atoms with E-state index in [2.05, 4.69) is 5.32 Å². The number of morpholine rings is 1. The fourth-order valence-electron chi connectivity index (χ4n) is 2.07. The molecule has 0 bridgehead atoms. The number of likely N-dealkylation sites (N-methyl/N-ethyl adjacent to an activating group) is 1. The van der Waals surface area contributed by atoms with Gasteiger partial charge in [-0.15, -0.1) is 0 Å². The van der Waals surface area contributed by atoms with Gasteiger partial charge in [0.25, 0.3) is 0 Å². The van der Waals surface area contributed by atoms with Gasteiger partial charge in [-0.3, -0.25) is 14.5 Å². The third kappa shape index (κ3) is 5.88. The highest BCUT2D eigenvalue weighted by molar-refractivity contribution is 5.82. The van der Waals surface area contributed by atoms with Gasteiger partial charge in [-0.05, 0) is 27.7 Å². The predicted molar refractivity (Wildman–Crippen MR) is 75.3 cm³/mol. The summed E-state index contributed by atoms with van der Waals surface area (Å²) >= 11 is 0. The van der Waals surface area contributed by atoms with Crippen LogP contribution >= 0.6 is 0 Å². The van der Waals surface area contributed by atoms with Crippen LogP contribution in [0.4, 0.5) is 0 Å². The molecule has 0 aromatic rings. The van der Waals surface area contributed by atoms with E-state index in [-0.39, 0.29) is 24.3 Å². The monoisotopic (exact) mass is 286 g/mol. The first-order chi connectivity index (χ1) is 9.33. The number of carbonyl (C=O) groups is 2. The lowest BCUT2D eigenvalue weighted by atomic mass is 10.2. The van der Waals surface area contributed by atoms with Crippen molar-refractivity contribution in [2.45, 2.75) is 45.8 Å². The summed E-state index contributed by atoms with van der Waals surface area (Å²) in [4.78, 5) is 25.6. The van der Waals surface area contributed by atoms with Crippen LogP contribution < -0.4 is 5.32 Å². The molecule has 1 rings (SSSR count). The fourth-order valence-corrected chi connectivity index (χ4v) is 2.07. The zero-order valence-electron chi connectivity index (χ0n) is 12.9. The Morgan fingerprint density at radius 1 is 1.40 bits per heavy atom. The van der Waals surface area contributed by atoms with E-state index in [4.69, 9.17) is 9.47 Å². The van der Waals surface area contributed by atoms with Crippen molar-refractivity contribution in [1.29, 1.82) is 0 Å². The van der Waals surface area contributed by atoms with E-state index in [0.29, 0.717) is 32.8 Å². The average Bonchev–Trinajstić information content (AvgIpc) is 2.35. The van der Waals surface area contributed by atoms with Gasteiger partial charge in [-0.25, -0.2) is 0 Å². The molecular formula is C14H26N2O4. The lowest BCUT2D eigenvalue weighted by Gasteiger charge is -2.34. The third-order valence-electron chi connectivity index (χ3n) is 2.92. The fraction of sp³-hybridized carbons (Fsp3) is 0.857. The minimum absolute atomic E-state index is 0.0450. The highest BCUT2D eigenvalue weighted by Crippen LogP contribution is 2.11. The molecule has 0 aromatic carbocycles. The van der Waals surface area contributed by atoms with Gasteiger partial charge in [-0.1, -0.05) is 0 Å². The number of rotatable bonds is 5. The summed E-state index contributed by atoms with van der Waals surface area (Å²) < 4.78 is 10.6. The standard InChI is InChI=1S/C14H26N2O4/c1-5-15-13(18)11-10-19-9-8-16(11)7-6-12(17)20-14(2,3)4/h11H,5-10H2,1-4H3,(H,15,18). The number of carbonyl (C=O) groups excluding carboxylic acids is 2. The number of hydrogen-bond acceptors (Lipinski definition) is 5. The summed E-state index contributed by atoms with van der Waals surface area (Å²) in [6.07, 6.45) is 0.285. The molecule has 1 unspecified atom stereocenters. The van der Waals surface area contributed by atoms with E-state index in [1.54, 1.807) is 0 Å². The first kappa shape index (κ1) is 16.9. The van der Waals surface area contributed by atoms with E-state index >= 15 is 0 Å². The second kappa shape index (κ2) is 7.59. The summed E-state index contributed by atoms with van der Waals surface area (Å²) in [6, 6.07) is -0.314. The molecule has 0 aromatic heterocycles. The molecule has 1 N–H and O–H groups in total. The Kier molecular flexibility index (Phi) is 6.42. The molecule has 1 amide bonds. The van der Waals surface area contributed by atoms with Crippen molar-refractivity contribution in [3.05, 3.63) is 0 Å². The quantitative estimate of drug-likeness (QED) is 0.748. The zero-order valence-corrected chi connectivity index (χ0v) is 12.9. The Hall–Kier alpha value is -1.14. The summed E-state index contributed by atoms with van der Waals surface area (Å²) in [5.41, 5.74) is -0.471. The molecule has 6 heteroatoms. The number of amides is 1. The number of hydrogen-bond donors (Lipinski definition) is 1. The van der Waals surface area contributed by atoms with Gasteiger partial charge in [0.15, 0.2) is 0 Å². The summed E-state index contributed by atoms with van der Waals surface area (Å²) in [5, 5.41) is 2.79. The number of esters is 1. The van der Waals surface area contributed by atoms with Crippen molar-refractivity contribution >= 4 is 11.9 Å². The van der Waals surface area contributed by atoms with Crippen molar-refractivity contribution in [1.82, 2.24) is 10.2 Å². The Morgan fingerprint density at radius 3 is 2.70 bits per heavy atom. The van der Waals surface area contributed by atoms with Crippen molar-refractivity contribution in [3.8, 4) is 0 Å². The molecule has 0 spiro atoms. The van der Waals surface area contributed by atoms with Gasteiger partial charge >= 0.3 is 5.97 Å². The summed E-state index contributed by atoms with van der Waals surface area (Å²) in [5.74, 6) is -0.282. The van der Waals surface area contributed by atoms with Crippen LogP contribution in [0.3, 0.4) is 0 Å². The SMILES string of the molecule is CCNC(=O)C1COCCN1CCC(=O)OC(C)(C)C. The highest BCUT2D eigenvalue weighted by Gasteiger charge is 2.29. The number of ether oxygens (including phenoxy) is 2. The Morgan fingerprint density at radius 2 is 2.10 bits per heavy atom. The van der Waals surface area contributed by atoms with Gasteiger partial charge in [0.1, 0.15) is 11.6 Å². The molecule has 1 aliphatic heterocycles. The van der Waals surface area contributed by atoms with Crippen LogP contribution in [-0.4, -0.2) is 61.3 Å². The summed E-state index contributed by atoms with van der Waals surface area (Å²) in [6.45, 7) is 10.1. The first-order valence-electron chi connectivity index (χ1n) is 7.15. The lowest BCUT2D eigenvalue weighted by Crippen LogP contribution is -2.54. The molecule has 116 valence electrons. The van der Waals surface area contributed by atoms with Crippen LogP contribution in [0.25, 0.3) is 0 Å². The maximum atomic E-state index is 11.9. The number of nitrogens with zero attached hydrogens (tertiary/aromatic N) is 1. The minimum Gasteiger partial charge on any atom is -0.460 e. The topological polar surface area (TPSA) is 67.9 Å². The second-order valence-corrected chi connectivity index (χ2v) is 5.86. The molecule has 0 radical (unpaired) electrons. The van der Waals surface area contributed by atoms with Crippen molar-refractivity contribution in [2.24, 2.45) is 0 Å². The molecule has 6 nitrogen and oxygen atoms in total. The van der Waals surface area contributed by atoms with Crippen molar-refractivity contribution in [2.75, 3.05) is 32.8 Å². The van der Waals surface area contributed by atoms with Gasteiger partial charge < -0.3 is 14.8 Å². The van der Waals surface area contributed by atoms with Gasteiger partial charge in [0.05, 0.1) is 19.6 Å². The van der Waals surface area contributed by atoms with E-state index in [9.17, 15) is 9.59 Å². The average molecular weight is 286 g/mol. The molecule has 20 heavy (non-hydrogen) atoms. The van der Waals surface area contributed by atoms with E-state index in [0.717, 1.165) is 0 Å². The predicted octanol–water partition coefficient (Wildman–Crippen LogP) is 0.555. The number of nitrogens with one attached hydrogen (secondary N) is 1. The highest BCUT2D eigenvalue weighted by atomic mass is 16.6. The van der Waals surface area contributed by atoms with E-state index in [1.165, 1.54) is 0 Å². The Balaban J connectivity index is 2.46. The summed E-state index contributed by atoms with van der Waals surface area (Å²) in [7, 11) is 0. The van der Waals surface area contributed by atoms with Gasteiger partial charge in [0.2, 0.25) is 5.91 Å². The van der Waals surface area contributed by atoms with Gasteiger partial charge in [0, 0.05) is 19.6 Å². The van der Waals surface area contributed by atoms with Crippen LogP contribution in [0.1, 0.15) is 34.1 Å². The molecule has 0 aliphatic carbocycles. The maximum Gasteiger partial charge on any atom is 0.307 e. The third-order valence-corrected chi connectivity index (χ3v) is 2.92. The first-order valence-corrected chi connectivity index (χ1v) is 7.15. The molecule has 1 fully saturated rings. The van der Waals surface area contributed by atoms with Crippen LogP contribution in [0.2, 0.25) is 0 Å². The largest absolute Gasteiger partial charge is 0.460 e. The van der Waals surface area contributed by atoms with Crippen molar-refractivity contribution < 1.29 is 19.1 Å². The maximum absolute atomic E-state index is 11.9. The zero-order chi connectivity index (χ0) is 15.2. The normalized spacial score (nSPS) is 20.5. The van der Waals surface area contributed by atoms with E-state index < -0.39 is 5.60 Å². The van der Waals surface area contributed by atoms with E-state index in [1.807, 2.05) is 32.6 Å². The van der Waals surface area contributed by atoms with Crippen LogP contribution in [-0.2, 0) is 19.1 Å². The molecule has 1 heterocycles. The molecule has 1 atom stereocenters. The van der Waals surface area contributed by atoms with Crippen LogP contribution in [0, 0.1) is 0 Å². The van der Waals surface area contributed by atoms with Crippen LogP contribution in [0.5, 0.6) is 0 Å². The smallest absolute Gasteiger partial charge is 0.307 e. The molecular weight excluding hydrogens is 260 g/mol.